The summed E-state index contributed by atoms with van der Waals surface area (Å²) in [6, 6.07) is 7.78. The molecule has 3 heteroatoms. The average Bonchev–Trinajstić information content (AvgIpc) is 2.09. The number of rotatable bonds is 4. The Kier molecular flexibility index (Phi) is 4.51. The predicted molar refractivity (Wildman–Crippen MR) is 54.7 cm³/mol. The van der Waals surface area contributed by atoms with Gasteiger partial charge < -0.3 is 5.11 Å². The van der Waals surface area contributed by atoms with Gasteiger partial charge in [-0.05, 0) is 11.6 Å². The molecular weight excluding hydrogens is 192 g/mol. The van der Waals surface area contributed by atoms with Gasteiger partial charge in [0.1, 0.15) is 0 Å². The van der Waals surface area contributed by atoms with E-state index in [1.165, 1.54) is 0 Å². The third kappa shape index (κ3) is 3.05. The molecule has 0 aromatic heterocycles. The molecule has 66 valence electrons. The van der Waals surface area contributed by atoms with Crippen LogP contribution in [0.3, 0.4) is 0 Å². The highest BCUT2D eigenvalue weighted by atomic mass is 35.5. The molecule has 0 radical (unpaired) electrons. The summed E-state index contributed by atoms with van der Waals surface area (Å²) in [7, 11) is 0. The van der Waals surface area contributed by atoms with E-state index in [9.17, 15) is 0 Å². The quantitative estimate of drug-likeness (QED) is 0.758. The largest absolute Gasteiger partial charge is 0.396 e. The molecule has 1 aromatic rings. The minimum atomic E-state index is 0.231. The molecule has 0 bridgehead atoms. The monoisotopic (exact) mass is 202 g/mol. The molecule has 1 nitrogen and oxygen atoms in total. The van der Waals surface area contributed by atoms with E-state index in [1.54, 1.807) is 11.8 Å². The zero-order valence-electron chi connectivity index (χ0n) is 6.66. The van der Waals surface area contributed by atoms with Gasteiger partial charge in [-0.3, -0.25) is 0 Å². The standard InChI is InChI=1S/C9H11ClOS/c10-9-4-2-1-3-8(9)7-12-6-5-11/h1-4,11H,5-7H2. The van der Waals surface area contributed by atoms with Gasteiger partial charge in [0.2, 0.25) is 0 Å². The average molecular weight is 203 g/mol. The van der Waals surface area contributed by atoms with Gasteiger partial charge in [-0.15, -0.1) is 0 Å². The Hall–Kier alpha value is -0.180. The van der Waals surface area contributed by atoms with Crippen LogP contribution in [0.4, 0.5) is 0 Å². The molecule has 0 spiro atoms. The highest BCUT2D eigenvalue weighted by Crippen LogP contribution is 2.20. The molecule has 0 aliphatic rings. The van der Waals surface area contributed by atoms with Crippen LogP contribution in [0.2, 0.25) is 5.02 Å². The fraction of sp³-hybridized carbons (Fsp3) is 0.333. The van der Waals surface area contributed by atoms with E-state index in [-0.39, 0.29) is 6.61 Å². The lowest BCUT2D eigenvalue weighted by atomic mass is 10.2. The normalized spacial score (nSPS) is 10.2. The molecule has 12 heavy (non-hydrogen) atoms. The summed E-state index contributed by atoms with van der Waals surface area (Å²) < 4.78 is 0. The van der Waals surface area contributed by atoms with Crippen molar-refractivity contribution in [1.82, 2.24) is 0 Å². The van der Waals surface area contributed by atoms with Gasteiger partial charge >= 0.3 is 0 Å². The predicted octanol–water partition coefficient (Wildman–Crippen LogP) is 2.57. The molecule has 0 unspecified atom stereocenters. The van der Waals surface area contributed by atoms with E-state index < -0.39 is 0 Å². The number of thioether (sulfide) groups is 1. The lowest BCUT2D eigenvalue weighted by molar-refractivity contribution is 0.322. The topological polar surface area (TPSA) is 20.2 Å². The van der Waals surface area contributed by atoms with Crippen molar-refractivity contribution in [2.75, 3.05) is 12.4 Å². The first-order valence-electron chi connectivity index (χ1n) is 3.76. The molecular formula is C9H11ClOS. The summed E-state index contributed by atoms with van der Waals surface area (Å²) >= 11 is 7.61. The van der Waals surface area contributed by atoms with E-state index in [4.69, 9.17) is 16.7 Å². The van der Waals surface area contributed by atoms with Gasteiger partial charge in [0, 0.05) is 16.5 Å². The van der Waals surface area contributed by atoms with Crippen molar-refractivity contribution in [3.05, 3.63) is 34.9 Å². The van der Waals surface area contributed by atoms with Crippen LogP contribution < -0.4 is 0 Å². The molecule has 1 N–H and O–H groups in total. The van der Waals surface area contributed by atoms with Gasteiger partial charge in [0.05, 0.1) is 6.61 Å². The van der Waals surface area contributed by atoms with Crippen LogP contribution in [0.5, 0.6) is 0 Å². The summed E-state index contributed by atoms with van der Waals surface area (Å²) in [5, 5.41) is 9.37. The number of hydrogen-bond acceptors (Lipinski definition) is 2. The third-order valence-corrected chi connectivity index (χ3v) is 2.81. The molecule has 0 saturated heterocycles. The zero-order valence-corrected chi connectivity index (χ0v) is 8.24. The molecule has 0 aliphatic carbocycles. The van der Waals surface area contributed by atoms with Crippen molar-refractivity contribution in [2.45, 2.75) is 5.75 Å². The summed E-state index contributed by atoms with van der Waals surface area (Å²) in [4.78, 5) is 0. The summed E-state index contributed by atoms with van der Waals surface area (Å²) in [5.74, 6) is 1.64. The van der Waals surface area contributed by atoms with Crippen LogP contribution in [0.15, 0.2) is 24.3 Å². The Morgan fingerprint density at radius 2 is 2.08 bits per heavy atom. The van der Waals surface area contributed by atoms with Crippen molar-refractivity contribution < 1.29 is 5.11 Å². The highest BCUT2D eigenvalue weighted by Gasteiger charge is 1.97. The Balaban J connectivity index is 2.46. The van der Waals surface area contributed by atoms with E-state index in [0.29, 0.717) is 0 Å². The van der Waals surface area contributed by atoms with Crippen LogP contribution in [0.25, 0.3) is 0 Å². The fourth-order valence-corrected chi connectivity index (χ4v) is 1.89. The van der Waals surface area contributed by atoms with E-state index in [0.717, 1.165) is 22.1 Å². The number of aliphatic hydroxyl groups is 1. The van der Waals surface area contributed by atoms with E-state index in [1.807, 2.05) is 24.3 Å². The second kappa shape index (κ2) is 5.46. The number of hydrogen-bond donors (Lipinski definition) is 1. The Morgan fingerprint density at radius 3 is 2.75 bits per heavy atom. The molecule has 1 rings (SSSR count). The van der Waals surface area contributed by atoms with Crippen molar-refractivity contribution in [1.29, 1.82) is 0 Å². The molecule has 0 atom stereocenters. The number of aliphatic hydroxyl groups excluding tert-OH is 1. The van der Waals surface area contributed by atoms with Crippen LogP contribution in [-0.4, -0.2) is 17.5 Å². The summed E-state index contributed by atoms with van der Waals surface area (Å²) in [6.07, 6.45) is 0. The molecule has 0 aliphatic heterocycles. The summed E-state index contributed by atoms with van der Waals surface area (Å²) in [5.41, 5.74) is 1.14. The third-order valence-electron chi connectivity index (χ3n) is 1.45. The van der Waals surface area contributed by atoms with Gasteiger partial charge in [0.15, 0.2) is 0 Å². The lowest BCUT2D eigenvalue weighted by Crippen LogP contribution is -1.88. The van der Waals surface area contributed by atoms with Gasteiger partial charge in [-0.2, -0.15) is 11.8 Å². The molecule has 0 saturated carbocycles. The second-order valence-electron chi connectivity index (χ2n) is 2.37. The lowest BCUT2D eigenvalue weighted by Gasteiger charge is -2.01. The molecule has 1 aromatic carbocycles. The van der Waals surface area contributed by atoms with Gasteiger partial charge in [0.25, 0.3) is 0 Å². The maximum atomic E-state index is 8.56. The van der Waals surface area contributed by atoms with Crippen LogP contribution in [0, 0.1) is 0 Å². The second-order valence-corrected chi connectivity index (χ2v) is 3.88. The Bertz CT molecular complexity index is 240. The van der Waals surface area contributed by atoms with Crippen LogP contribution in [0.1, 0.15) is 5.56 Å². The first-order valence-corrected chi connectivity index (χ1v) is 5.30. The van der Waals surface area contributed by atoms with Crippen molar-refractivity contribution in [3.8, 4) is 0 Å². The SMILES string of the molecule is OCCSCc1ccccc1Cl. The number of benzene rings is 1. The smallest absolute Gasteiger partial charge is 0.0521 e. The Morgan fingerprint density at radius 1 is 1.33 bits per heavy atom. The van der Waals surface area contributed by atoms with Crippen LogP contribution in [-0.2, 0) is 5.75 Å². The minimum Gasteiger partial charge on any atom is -0.396 e. The maximum Gasteiger partial charge on any atom is 0.0521 e. The molecule has 0 fully saturated rings. The number of halogens is 1. The van der Waals surface area contributed by atoms with Crippen LogP contribution >= 0.6 is 23.4 Å². The van der Waals surface area contributed by atoms with Gasteiger partial charge in [-0.1, -0.05) is 29.8 Å². The first kappa shape index (κ1) is 9.90. The maximum absolute atomic E-state index is 8.56. The zero-order chi connectivity index (χ0) is 8.81. The molecule has 0 heterocycles. The first-order chi connectivity index (χ1) is 5.84. The van der Waals surface area contributed by atoms with E-state index >= 15 is 0 Å². The molecule has 0 amide bonds. The Labute approximate surface area is 81.7 Å². The van der Waals surface area contributed by atoms with Gasteiger partial charge in [-0.25, -0.2) is 0 Å². The van der Waals surface area contributed by atoms with Crippen molar-refractivity contribution in [3.63, 3.8) is 0 Å². The van der Waals surface area contributed by atoms with Crippen molar-refractivity contribution >= 4 is 23.4 Å². The fourth-order valence-electron chi connectivity index (χ4n) is 0.862. The summed E-state index contributed by atoms with van der Waals surface area (Å²) in [6.45, 7) is 0.231. The highest BCUT2D eigenvalue weighted by molar-refractivity contribution is 7.98. The van der Waals surface area contributed by atoms with Crippen molar-refractivity contribution in [2.24, 2.45) is 0 Å². The van der Waals surface area contributed by atoms with E-state index in [2.05, 4.69) is 0 Å². The minimum absolute atomic E-state index is 0.231.